The van der Waals surface area contributed by atoms with E-state index in [0.29, 0.717) is 22.8 Å². The zero-order valence-corrected chi connectivity index (χ0v) is 21.6. The second-order valence-corrected chi connectivity index (χ2v) is 9.29. The highest BCUT2D eigenvalue weighted by Gasteiger charge is 2.25. The van der Waals surface area contributed by atoms with Crippen molar-refractivity contribution in [1.29, 1.82) is 0 Å². The largest absolute Gasteiger partial charge is 0.507 e. The Labute approximate surface area is 226 Å². The van der Waals surface area contributed by atoms with Gasteiger partial charge in [-0.1, -0.05) is 36.4 Å². The van der Waals surface area contributed by atoms with Crippen LogP contribution in [0.25, 0.3) is 0 Å². The first-order valence-corrected chi connectivity index (χ1v) is 12.3. The van der Waals surface area contributed by atoms with E-state index in [1.807, 2.05) is 12.1 Å². The number of phenolic OH excluding ortho intramolecular Hbond substituents is 1. The molecule has 0 saturated heterocycles. The van der Waals surface area contributed by atoms with Crippen LogP contribution in [0.15, 0.2) is 103 Å². The molecule has 8 heteroatoms. The number of carbonyl (C=O) groups is 1. The van der Waals surface area contributed by atoms with Crippen molar-refractivity contribution in [2.75, 3.05) is 13.2 Å². The number of aliphatic hydroxyl groups is 2. The third-order valence-electron chi connectivity index (χ3n) is 5.51. The summed E-state index contributed by atoms with van der Waals surface area (Å²) in [7, 11) is 0. The molecule has 0 spiro atoms. The Balaban J connectivity index is 1.32. The van der Waals surface area contributed by atoms with Gasteiger partial charge in [-0.2, -0.15) is 0 Å². The van der Waals surface area contributed by atoms with Crippen LogP contribution in [-0.4, -0.2) is 45.9 Å². The summed E-state index contributed by atoms with van der Waals surface area (Å²) in [5.41, 5.74) is 0.417. The quantitative estimate of drug-likeness (QED) is 0.174. The lowest BCUT2D eigenvalue weighted by Gasteiger charge is -2.25. The Morgan fingerprint density at radius 1 is 0.641 bits per heavy atom. The summed E-state index contributed by atoms with van der Waals surface area (Å²) >= 11 is 0. The molecule has 0 amide bonds. The molecule has 4 aromatic carbocycles. The highest BCUT2D eigenvalue weighted by Crippen LogP contribution is 2.28. The number of ether oxygens (including phenoxy) is 4. The third kappa shape index (κ3) is 7.98. The predicted molar refractivity (Wildman–Crippen MR) is 144 cm³/mol. The van der Waals surface area contributed by atoms with Crippen molar-refractivity contribution in [2.45, 2.75) is 25.4 Å². The van der Waals surface area contributed by atoms with Crippen LogP contribution in [0.5, 0.6) is 28.7 Å². The smallest absolute Gasteiger partial charge is 0.239 e. The van der Waals surface area contributed by atoms with E-state index in [9.17, 15) is 20.1 Å². The Hall–Kier alpha value is -4.53. The van der Waals surface area contributed by atoms with Crippen LogP contribution in [0.3, 0.4) is 0 Å². The zero-order chi connectivity index (χ0) is 27.9. The van der Waals surface area contributed by atoms with Crippen LogP contribution in [0.2, 0.25) is 0 Å². The minimum absolute atomic E-state index is 0.0857. The van der Waals surface area contributed by atoms with Gasteiger partial charge in [0.25, 0.3) is 0 Å². The molecule has 0 bridgehead atoms. The van der Waals surface area contributed by atoms with Crippen LogP contribution in [0.4, 0.5) is 0 Å². The Morgan fingerprint density at radius 2 is 1.10 bits per heavy atom. The zero-order valence-electron chi connectivity index (χ0n) is 21.6. The number of rotatable bonds is 12. The average molecular weight is 531 g/mol. The maximum atomic E-state index is 13.0. The first-order valence-electron chi connectivity index (χ1n) is 12.3. The number of ketones is 1. The molecule has 0 aliphatic carbocycles. The van der Waals surface area contributed by atoms with Crippen molar-refractivity contribution in [3.8, 4) is 28.7 Å². The molecule has 4 aromatic rings. The van der Waals surface area contributed by atoms with Crippen molar-refractivity contribution in [3.05, 3.63) is 114 Å². The number of benzene rings is 4. The van der Waals surface area contributed by atoms with Gasteiger partial charge in [0.15, 0.2) is 19.0 Å². The van der Waals surface area contributed by atoms with E-state index in [1.54, 1.807) is 72.8 Å². The van der Waals surface area contributed by atoms with Crippen LogP contribution < -0.4 is 18.9 Å². The monoisotopic (exact) mass is 530 g/mol. The van der Waals surface area contributed by atoms with Gasteiger partial charge in [-0.3, -0.25) is 4.79 Å². The molecular weight excluding hydrogens is 500 g/mol. The fourth-order valence-corrected chi connectivity index (χ4v) is 3.63. The first kappa shape index (κ1) is 27.5. The van der Waals surface area contributed by atoms with Crippen molar-refractivity contribution in [2.24, 2.45) is 0 Å². The fraction of sp³-hybridized carbons (Fsp3) is 0.194. The van der Waals surface area contributed by atoms with Gasteiger partial charge in [0.05, 0.1) is 5.56 Å². The van der Waals surface area contributed by atoms with Crippen molar-refractivity contribution in [3.63, 3.8) is 0 Å². The fourth-order valence-electron chi connectivity index (χ4n) is 3.63. The number of hydrogen-bond donors (Lipinski definition) is 3. The van der Waals surface area contributed by atoms with E-state index in [-0.39, 0.29) is 30.3 Å². The normalized spacial score (nSPS) is 13.9. The SMILES string of the molecule is CC(O)(COc1ccc(C(=O)c2ccc(OCC(C)(O)Oc3ccccc3)cc2O)cc1)Oc1ccccc1. The van der Waals surface area contributed by atoms with Crippen LogP contribution in [-0.2, 0) is 0 Å². The molecule has 0 saturated carbocycles. The second-order valence-electron chi connectivity index (χ2n) is 9.29. The standard InChI is InChI=1S/C31H30O8/c1-30(34,38-24-9-5-3-6-10-24)20-36-23-15-13-22(14-16-23)29(33)27-18-17-26(19-28(27)32)37-21-31(2,35)39-25-11-7-4-8-12-25/h3-19,32,34-35H,20-21H2,1-2H3. The molecule has 4 rings (SSSR count). The minimum Gasteiger partial charge on any atom is -0.507 e. The Kier molecular flexibility index (Phi) is 8.39. The van der Waals surface area contributed by atoms with Gasteiger partial charge in [0.2, 0.25) is 11.6 Å². The molecular formula is C31H30O8. The first-order chi connectivity index (χ1) is 18.6. The summed E-state index contributed by atoms with van der Waals surface area (Å²) in [6, 6.07) is 28.3. The Morgan fingerprint density at radius 3 is 1.59 bits per heavy atom. The molecule has 202 valence electrons. The molecule has 0 heterocycles. The summed E-state index contributed by atoms with van der Waals surface area (Å²) in [6.07, 6.45) is 0. The van der Waals surface area contributed by atoms with Gasteiger partial charge < -0.3 is 34.3 Å². The van der Waals surface area contributed by atoms with Gasteiger partial charge in [0.1, 0.15) is 28.7 Å². The van der Waals surface area contributed by atoms with E-state index >= 15 is 0 Å². The molecule has 3 N–H and O–H groups in total. The summed E-state index contributed by atoms with van der Waals surface area (Å²) in [4.78, 5) is 13.0. The average Bonchev–Trinajstić information content (AvgIpc) is 2.91. The lowest BCUT2D eigenvalue weighted by atomic mass is 10.0. The molecule has 0 aromatic heterocycles. The van der Waals surface area contributed by atoms with Gasteiger partial charge in [-0.15, -0.1) is 0 Å². The topological polar surface area (TPSA) is 115 Å². The maximum absolute atomic E-state index is 13.0. The lowest BCUT2D eigenvalue weighted by Crippen LogP contribution is -2.38. The van der Waals surface area contributed by atoms with E-state index in [1.165, 1.54) is 32.0 Å². The number of aromatic hydroxyl groups is 1. The van der Waals surface area contributed by atoms with Gasteiger partial charge in [0, 0.05) is 25.5 Å². The van der Waals surface area contributed by atoms with Gasteiger partial charge in [-0.05, 0) is 60.7 Å². The van der Waals surface area contributed by atoms with Crippen molar-refractivity contribution < 1.29 is 39.1 Å². The molecule has 2 atom stereocenters. The van der Waals surface area contributed by atoms with Gasteiger partial charge in [-0.25, -0.2) is 0 Å². The van der Waals surface area contributed by atoms with E-state index < -0.39 is 17.4 Å². The summed E-state index contributed by atoms with van der Waals surface area (Å²) < 4.78 is 22.3. The van der Waals surface area contributed by atoms with Crippen LogP contribution >= 0.6 is 0 Å². The Bertz CT molecular complexity index is 1370. The van der Waals surface area contributed by atoms with Crippen LogP contribution in [0.1, 0.15) is 29.8 Å². The summed E-state index contributed by atoms with van der Waals surface area (Å²) in [6.45, 7) is 2.61. The summed E-state index contributed by atoms with van der Waals surface area (Å²) in [5.74, 6) is -2.16. The lowest BCUT2D eigenvalue weighted by molar-refractivity contribution is -0.145. The van der Waals surface area contributed by atoms with E-state index in [0.717, 1.165) is 0 Å². The number of phenols is 1. The third-order valence-corrected chi connectivity index (χ3v) is 5.51. The van der Waals surface area contributed by atoms with Crippen molar-refractivity contribution >= 4 is 5.78 Å². The minimum atomic E-state index is -1.61. The molecule has 8 nitrogen and oxygen atoms in total. The van der Waals surface area contributed by atoms with E-state index in [4.69, 9.17) is 18.9 Å². The molecule has 39 heavy (non-hydrogen) atoms. The predicted octanol–water partition coefficient (Wildman–Crippen LogP) is 4.96. The van der Waals surface area contributed by atoms with Crippen molar-refractivity contribution in [1.82, 2.24) is 0 Å². The highest BCUT2D eigenvalue weighted by molar-refractivity contribution is 6.10. The molecule has 0 radical (unpaired) electrons. The second kappa shape index (κ2) is 11.9. The highest BCUT2D eigenvalue weighted by atomic mass is 16.7. The van der Waals surface area contributed by atoms with Crippen LogP contribution in [0, 0.1) is 0 Å². The molecule has 0 fully saturated rings. The molecule has 0 aliphatic rings. The number of hydrogen-bond acceptors (Lipinski definition) is 8. The maximum Gasteiger partial charge on any atom is 0.239 e. The molecule has 0 aliphatic heterocycles. The van der Waals surface area contributed by atoms with E-state index in [2.05, 4.69) is 0 Å². The van der Waals surface area contributed by atoms with Gasteiger partial charge >= 0.3 is 0 Å². The molecule has 2 unspecified atom stereocenters. The summed E-state index contributed by atoms with van der Waals surface area (Å²) in [5, 5.41) is 31.4. The number of carbonyl (C=O) groups excluding carboxylic acids is 1. The number of para-hydroxylation sites is 2.